The number of carbonyl (C=O) groups excluding carboxylic acids is 2. The van der Waals surface area contributed by atoms with Gasteiger partial charge in [-0.15, -0.1) is 0 Å². The molecule has 4 N–H and O–H groups in total. The van der Waals surface area contributed by atoms with Gasteiger partial charge in [-0.1, -0.05) is 48.5 Å². The van der Waals surface area contributed by atoms with Crippen LogP contribution in [0, 0.1) is 0 Å². The smallest absolute Gasteiger partial charge is 0.416 e. The van der Waals surface area contributed by atoms with Crippen LogP contribution in [0.1, 0.15) is 23.1 Å². The van der Waals surface area contributed by atoms with E-state index < -0.39 is 54.7 Å². The molecule has 0 heterocycles. The van der Waals surface area contributed by atoms with Crippen molar-refractivity contribution in [1.82, 2.24) is 10.6 Å². The number of alkyl carbamates (subject to hydrolysis) is 1. The number of amides is 2. The van der Waals surface area contributed by atoms with Gasteiger partial charge in [0.25, 0.3) is 0 Å². The molecule has 2 rings (SSSR count). The Bertz CT molecular complexity index is 953. The standard InChI is InChI=1S/C22H23F3N2O6/c23-22(24,25)17-9-5-4-8-15(17)10-18(20(30)31)27-19(29)11-16(28)12-26-21(32)33-13-14-6-2-1-3-7-14/h1-9,16,18,28H,10-13H2,(H,26,32)(H,27,29)(H,30,31)/t16-,18-/m1/s1. The molecule has 0 saturated heterocycles. The third-order valence-corrected chi connectivity index (χ3v) is 4.50. The molecule has 0 aromatic heterocycles. The summed E-state index contributed by atoms with van der Waals surface area (Å²) in [5.74, 6) is -2.43. The van der Waals surface area contributed by atoms with Gasteiger partial charge >= 0.3 is 18.2 Å². The number of ether oxygens (including phenoxy) is 1. The van der Waals surface area contributed by atoms with E-state index in [0.29, 0.717) is 0 Å². The summed E-state index contributed by atoms with van der Waals surface area (Å²) in [4.78, 5) is 35.2. The van der Waals surface area contributed by atoms with E-state index in [0.717, 1.165) is 17.7 Å². The molecule has 33 heavy (non-hydrogen) atoms. The highest BCUT2D eigenvalue weighted by Gasteiger charge is 2.34. The molecule has 0 spiro atoms. The zero-order chi connectivity index (χ0) is 24.4. The van der Waals surface area contributed by atoms with E-state index >= 15 is 0 Å². The second kappa shape index (κ2) is 11.9. The molecule has 178 valence electrons. The van der Waals surface area contributed by atoms with E-state index in [9.17, 15) is 37.8 Å². The zero-order valence-electron chi connectivity index (χ0n) is 17.3. The summed E-state index contributed by atoms with van der Waals surface area (Å²) in [6.07, 6.45) is -8.06. The molecule has 0 aliphatic rings. The summed E-state index contributed by atoms with van der Waals surface area (Å²) < 4.78 is 44.3. The van der Waals surface area contributed by atoms with Crippen molar-refractivity contribution in [2.24, 2.45) is 0 Å². The van der Waals surface area contributed by atoms with Crippen molar-refractivity contribution in [1.29, 1.82) is 0 Å². The monoisotopic (exact) mass is 468 g/mol. The average molecular weight is 468 g/mol. The lowest BCUT2D eigenvalue weighted by atomic mass is 9.99. The number of carbonyl (C=O) groups is 3. The van der Waals surface area contributed by atoms with Crippen LogP contribution >= 0.6 is 0 Å². The molecule has 0 radical (unpaired) electrons. The topological polar surface area (TPSA) is 125 Å². The largest absolute Gasteiger partial charge is 0.480 e. The Morgan fingerprint density at radius 3 is 2.27 bits per heavy atom. The first-order valence-electron chi connectivity index (χ1n) is 9.86. The predicted molar refractivity (Wildman–Crippen MR) is 110 cm³/mol. The maximum atomic E-state index is 13.1. The van der Waals surface area contributed by atoms with Gasteiger partial charge in [-0.2, -0.15) is 13.2 Å². The van der Waals surface area contributed by atoms with E-state index in [2.05, 4.69) is 10.6 Å². The Morgan fingerprint density at radius 2 is 1.64 bits per heavy atom. The number of hydrogen-bond donors (Lipinski definition) is 4. The Labute approximate surface area is 187 Å². The van der Waals surface area contributed by atoms with Crippen molar-refractivity contribution in [2.75, 3.05) is 6.54 Å². The van der Waals surface area contributed by atoms with Crippen LogP contribution in [0.4, 0.5) is 18.0 Å². The lowest BCUT2D eigenvalue weighted by Crippen LogP contribution is -2.44. The van der Waals surface area contributed by atoms with Crippen molar-refractivity contribution in [3.8, 4) is 0 Å². The zero-order valence-corrected chi connectivity index (χ0v) is 17.3. The summed E-state index contributed by atoms with van der Waals surface area (Å²) in [6.45, 7) is -0.349. The molecule has 0 fully saturated rings. The highest BCUT2D eigenvalue weighted by atomic mass is 19.4. The maximum absolute atomic E-state index is 13.1. The molecule has 0 aliphatic heterocycles. The summed E-state index contributed by atoms with van der Waals surface area (Å²) in [5.41, 5.74) is -0.538. The molecule has 0 bridgehead atoms. The van der Waals surface area contributed by atoms with Crippen LogP contribution in [0.25, 0.3) is 0 Å². The van der Waals surface area contributed by atoms with Gasteiger partial charge in [-0.25, -0.2) is 9.59 Å². The first-order chi connectivity index (χ1) is 15.6. The van der Waals surface area contributed by atoms with Crippen LogP contribution in [0.5, 0.6) is 0 Å². The summed E-state index contributed by atoms with van der Waals surface area (Å²) in [6, 6.07) is 11.7. The molecule has 0 unspecified atom stereocenters. The molecule has 0 aliphatic carbocycles. The van der Waals surface area contributed by atoms with Gasteiger partial charge in [-0.05, 0) is 17.2 Å². The van der Waals surface area contributed by atoms with Crippen LogP contribution in [0.2, 0.25) is 0 Å². The number of nitrogens with one attached hydrogen (secondary N) is 2. The average Bonchev–Trinajstić information content (AvgIpc) is 2.76. The van der Waals surface area contributed by atoms with Crippen molar-refractivity contribution < 1.29 is 42.5 Å². The Hall–Kier alpha value is -3.60. The van der Waals surface area contributed by atoms with Crippen LogP contribution in [0.3, 0.4) is 0 Å². The van der Waals surface area contributed by atoms with E-state index in [1.54, 1.807) is 30.3 Å². The van der Waals surface area contributed by atoms with Crippen molar-refractivity contribution in [3.63, 3.8) is 0 Å². The Balaban J connectivity index is 1.83. The highest BCUT2D eigenvalue weighted by Crippen LogP contribution is 2.32. The normalized spacial score (nSPS) is 13.0. The van der Waals surface area contributed by atoms with Crippen LogP contribution in [-0.2, 0) is 33.5 Å². The minimum absolute atomic E-state index is 0.00292. The molecule has 2 aromatic carbocycles. The van der Waals surface area contributed by atoms with E-state index in [1.165, 1.54) is 12.1 Å². The van der Waals surface area contributed by atoms with Crippen LogP contribution in [0.15, 0.2) is 54.6 Å². The number of hydrogen-bond acceptors (Lipinski definition) is 5. The minimum Gasteiger partial charge on any atom is -0.480 e. The number of aliphatic carboxylic acids is 1. The van der Waals surface area contributed by atoms with E-state index in [4.69, 9.17) is 4.74 Å². The number of rotatable bonds is 10. The Kier molecular flexibility index (Phi) is 9.22. The third kappa shape index (κ3) is 8.81. The van der Waals surface area contributed by atoms with Gasteiger partial charge in [0, 0.05) is 13.0 Å². The van der Waals surface area contributed by atoms with Gasteiger partial charge in [0.15, 0.2) is 0 Å². The number of aliphatic hydroxyl groups is 1. The molecule has 11 heteroatoms. The molecular weight excluding hydrogens is 445 g/mol. The van der Waals surface area contributed by atoms with Gasteiger partial charge in [0.1, 0.15) is 12.6 Å². The fraction of sp³-hybridized carbons (Fsp3) is 0.318. The van der Waals surface area contributed by atoms with Gasteiger partial charge in [0.2, 0.25) is 5.91 Å². The number of benzene rings is 2. The fourth-order valence-electron chi connectivity index (χ4n) is 2.91. The maximum Gasteiger partial charge on any atom is 0.416 e. The number of aliphatic hydroxyl groups excluding tert-OH is 1. The van der Waals surface area contributed by atoms with Gasteiger partial charge in [-0.3, -0.25) is 4.79 Å². The highest BCUT2D eigenvalue weighted by molar-refractivity contribution is 5.84. The number of halogens is 3. The first kappa shape index (κ1) is 25.7. The summed E-state index contributed by atoms with van der Waals surface area (Å²) >= 11 is 0. The second-order valence-electron chi connectivity index (χ2n) is 7.12. The van der Waals surface area contributed by atoms with Crippen LogP contribution < -0.4 is 10.6 Å². The van der Waals surface area contributed by atoms with E-state index in [-0.39, 0.29) is 18.7 Å². The number of carboxylic acids is 1. The Morgan fingerprint density at radius 1 is 1.00 bits per heavy atom. The summed E-state index contributed by atoms with van der Waals surface area (Å²) in [5, 5.41) is 23.6. The minimum atomic E-state index is -4.68. The quantitative estimate of drug-likeness (QED) is 0.425. The molecule has 8 nitrogen and oxygen atoms in total. The van der Waals surface area contributed by atoms with Crippen LogP contribution in [-0.4, -0.2) is 46.9 Å². The second-order valence-corrected chi connectivity index (χ2v) is 7.12. The van der Waals surface area contributed by atoms with Gasteiger partial charge < -0.3 is 25.6 Å². The summed E-state index contributed by atoms with van der Waals surface area (Å²) in [7, 11) is 0. The van der Waals surface area contributed by atoms with Gasteiger partial charge in [0.05, 0.1) is 18.1 Å². The molecular formula is C22H23F3N2O6. The first-order valence-corrected chi connectivity index (χ1v) is 9.86. The molecule has 2 amide bonds. The van der Waals surface area contributed by atoms with Crippen molar-refractivity contribution in [3.05, 3.63) is 71.3 Å². The molecule has 2 atom stereocenters. The predicted octanol–water partition coefficient (Wildman–Crippen LogP) is 2.49. The molecule has 0 saturated carbocycles. The van der Waals surface area contributed by atoms with Crippen molar-refractivity contribution in [2.45, 2.75) is 37.8 Å². The third-order valence-electron chi connectivity index (χ3n) is 4.50. The lowest BCUT2D eigenvalue weighted by molar-refractivity contribution is -0.143. The fourth-order valence-corrected chi connectivity index (χ4v) is 2.91. The lowest BCUT2D eigenvalue weighted by Gasteiger charge is -2.19. The molecule has 2 aromatic rings. The SMILES string of the molecule is O=C(C[C@@H](O)CNC(=O)OCc1ccccc1)N[C@H](Cc1ccccc1C(F)(F)F)C(=O)O. The van der Waals surface area contributed by atoms with E-state index in [1.807, 2.05) is 0 Å². The van der Waals surface area contributed by atoms with Crippen molar-refractivity contribution >= 4 is 18.0 Å². The number of alkyl halides is 3. The number of carboxylic acid groups (broad SMARTS) is 1.